The minimum Gasteiger partial charge on any atom is -0.368 e. The number of rotatable bonds is 6. The van der Waals surface area contributed by atoms with Gasteiger partial charge >= 0.3 is 0 Å². The molecule has 0 aliphatic carbocycles. The van der Waals surface area contributed by atoms with Crippen molar-refractivity contribution >= 4 is 5.91 Å². The Morgan fingerprint density at radius 2 is 1.86 bits per heavy atom. The predicted molar refractivity (Wildman–Crippen MR) is 85.8 cm³/mol. The van der Waals surface area contributed by atoms with Gasteiger partial charge in [-0.2, -0.15) is 0 Å². The zero-order valence-electron chi connectivity index (χ0n) is 13.3. The summed E-state index contributed by atoms with van der Waals surface area (Å²) in [5, 5.41) is 3.35. The number of hydrogen-bond acceptors (Lipinski definition) is 3. The molecule has 1 aromatic carbocycles. The fourth-order valence-corrected chi connectivity index (χ4v) is 3.29. The molecule has 3 atom stereocenters. The van der Waals surface area contributed by atoms with Gasteiger partial charge in [-0.3, -0.25) is 10.1 Å². The molecule has 116 valence electrons. The lowest BCUT2D eigenvalue weighted by molar-refractivity contribution is -0.125. The average Bonchev–Trinajstić information content (AvgIpc) is 2.77. The van der Waals surface area contributed by atoms with E-state index in [1.54, 1.807) is 0 Å². The second-order valence-corrected chi connectivity index (χ2v) is 6.31. The van der Waals surface area contributed by atoms with Gasteiger partial charge in [-0.05, 0) is 23.9 Å². The van der Waals surface area contributed by atoms with E-state index in [2.05, 4.69) is 24.1 Å². The van der Waals surface area contributed by atoms with Gasteiger partial charge in [0, 0.05) is 19.6 Å². The third kappa shape index (κ3) is 3.27. The number of nitrogens with one attached hydrogen (secondary N) is 1. The van der Waals surface area contributed by atoms with Crippen LogP contribution in [0.4, 0.5) is 0 Å². The van der Waals surface area contributed by atoms with E-state index in [0.717, 1.165) is 18.7 Å². The maximum atomic E-state index is 12.3. The Kier molecular flexibility index (Phi) is 5.01. The molecule has 4 heteroatoms. The van der Waals surface area contributed by atoms with Gasteiger partial charge in [-0.15, -0.1) is 0 Å². The Balaban J connectivity index is 2.30. The van der Waals surface area contributed by atoms with Gasteiger partial charge in [0.25, 0.3) is 0 Å². The number of primary amides is 1. The highest BCUT2D eigenvalue weighted by Crippen LogP contribution is 2.28. The summed E-state index contributed by atoms with van der Waals surface area (Å²) in [5.41, 5.74) is 5.95. The zero-order chi connectivity index (χ0) is 15.5. The molecule has 0 bridgehead atoms. The number of nitrogens with two attached hydrogens (primary N) is 1. The summed E-state index contributed by atoms with van der Waals surface area (Å²) in [6, 6.07) is 9.84. The smallest absolute Gasteiger partial charge is 0.243 e. The molecule has 3 N–H and O–H groups in total. The molecule has 1 aliphatic rings. The van der Waals surface area contributed by atoms with Gasteiger partial charge in [-0.1, -0.05) is 51.1 Å². The summed E-state index contributed by atoms with van der Waals surface area (Å²) >= 11 is 0. The molecule has 1 aliphatic heterocycles. The molecular weight excluding hydrogens is 262 g/mol. The minimum atomic E-state index is -0.806. The van der Waals surface area contributed by atoms with Crippen LogP contribution in [0.15, 0.2) is 30.3 Å². The van der Waals surface area contributed by atoms with Crippen LogP contribution in [0.2, 0.25) is 0 Å². The Morgan fingerprint density at radius 1 is 1.29 bits per heavy atom. The highest BCUT2D eigenvalue weighted by Gasteiger charge is 2.41. The predicted octanol–water partition coefficient (Wildman–Crippen LogP) is 1.56. The molecule has 0 radical (unpaired) electrons. The van der Waals surface area contributed by atoms with Gasteiger partial charge < -0.3 is 10.6 Å². The number of hydrogen-bond donors (Lipinski definition) is 2. The first-order chi connectivity index (χ1) is 9.99. The first-order valence-corrected chi connectivity index (χ1v) is 7.82. The lowest BCUT2D eigenvalue weighted by atomic mass is 9.88. The van der Waals surface area contributed by atoms with E-state index in [4.69, 9.17) is 5.73 Å². The van der Waals surface area contributed by atoms with Crippen molar-refractivity contribution in [1.82, 2.24) is 10.2 Å². The maximum Gasteiger partial charge on any atom is 0.243 e. The molecule has 4 nitrogen and oxygen atoms in total. The Bertz CT molecular complexity index is 466. The summed E-state index contributed by atoms with van der Waals surface area (Å²) in [4.78, 5) is 14.7. The van der Waals surface area contributed by atoms with Crippen LogP contribution in [-0.4, -0.2) is 37.0 Å². The lowest BCUT2D eigenvalue weighted by Crippen LogP contribution is -2.58. The normalized spacial score (nSPS) is 25.7. The van der Waals surface area contributed by atoms with Crippen LogP contribution in [0.25, 0.3) is 0 Å². The number of carbonyl (C=O) groups is 1. The summed E-state index contributed by atoms with van der Waals surface area (Å²) in [7, 11) is 0. The lowest BCUT2D eigenvalue weighted by Gasteiger charge is -2.35. The SMILES string of the molecule is CCNC(CN1CC(C)C(C)C1)(C(N)=O)c1ccccc1. The molecular formula is C17H27N3O. The number of amides is 1. The molecule has 1 aromatic rings. The first kappa shape index (κ1) is 16.0. The van der Waals surface area contributed by atoms with E-state index in [1.807, 2.05) is 37.3 Å². The molecule has 1 heterocycles. The number of likely N-dealkylation sites (N-methyl/N-ethyl adjacent to an activating group) is 1. The fraction of sp³-hybridized carbons (Fsp3) is 0.588. The van der Waals surface area contributed by atoms with Gasteiger partial charge in [0.2, 0.25) is 5.91 Å². The molecule has 3 unspecified atom stereocenters. The van der Waals surface area contributed by atoms with E-state index in [0.29, 0.717) is 24.9 Å². The fourth-order valence-electron chi connectivity index (χ4n) is 3.29. The summed E-state index contributed by atoms with van der Waals surface area (Å²) in [6.07, 6.45) is 0. The molecule has 0 spiro atoms. The molecule has 1 fully saturated rings. The average molecular weight is 289 g/mol. The van der Waals surface area contributed by atoms with E-state index in [9.17, 15) is 4.79 Å². The van der Waals surface area contributed by atoms with E-state index in [-0.39, 0.29) is 5.91 Å². The Morgan fingerprint density at radius 3 is 2.33 bits per heavy atom. The molecule has 0 saturated carbocycles. The van der Waals surface area contributed by atoms with Crippen molar-refractivity contribution in [2.24, 2.45) is 17.6 Å². The van der Waals surface area contributed by atoms with Crippen LogP contribution in [0.5, 0.6) is 0 Å². The van der Waals surface area contributed by atoms with Crippen molar-refractivity contribution in [3.63, 3.8) is 0 Å². The quantitative estimate of drug-likeness (QED) is 0.835. The van der Waals surface area contributed by atoms with Crippen molar-refractivity contribution in [3.8, 4) is 0 Å². The second-order valence-electron chi connectivity index (χ2n) is 6.31. The van der Waals surface area contributed by atoms with Gasteiger partial charge in [0.1, 0.15) is 5.54 Å². The van der Waals surface area contributed by atoms with Crippen molar-refractivity contribution in [1.29, 1.82) is 0 Å². The number of nitrogens with zero attached hydrogens (tertiary/aromatic N) is 1. The van der Waals surface area contributed by atoms with Gasteiger partial charge in [-0.25, -0.2) is 0 Å². The van der Waals surface area contributed by atoms with E-state index < -0.39 is 5.54 Å². The monoisotopic (exact) mass is 289 g/mol. The van der Waals surface area contributed by atoms with Gasteiger partial charge in [0.05, 0.1) is 0 Å². The maximum absolute atomic E-state index is 12.3. The third-order valence-corrected chi connectivity index (χ3v) is 4.69. The van der Waals surface area contributed by atoms with Crippen molar-refractivity contribution in [2.45, 2.75) is 26.3 Å². The molecule has 2 rings (SSSR count). The molecule has 21 heavy (non-hydrogen) atoms. The summed E-state index contributed by atoms with van der Waals surface area (Å²) < 4.78 is 0. The first-order valence-electron chi connectivity index (χ1n) is 7.82. The van der Waals surface area contributed by atoms with Crippen LogP contribution in [0.3, 0.4) is 0 Å². The van der Waals surface area contributed by atoms with Crippen molar-refractivity contribution in [3.05, 3.63) is 35.9 Å². The zero-order valence-corrected chi connectivity index (χ0v) is 13.3. The van der Waals surface area contributed by atoms with Crippen LogP contribution in [0, 0.1) is 11.8 Å². The molecule has 1 saturated heterocycles. The van der Waals surface area contributed by atoms with Crippen LogP contribution in [-0.2, 0) is 10.3 Å². The number of benzene rings is 1. The van der Waals surface area contributed by atoms with Crippen molar-refractivity contribution in [2.75, 3.05) is 26.2 Å². The highest BCUT2D eigenvalue weighted by molar-refractivity contribution is 5.86. The largest absolute Gasteiger partial charge is 0.368 e. The number of likely N-dealkylation sites (tertiary alicyclic amines) is 1. The van der Waals surface area contributed by atoms with E-state index in [1.165, 1.54) is 0 Å². The topological polar surface area (TPSA) is 58.4 Å². The van der Waals surface area contributed by atoms with Crippen LogP contribution >= 0.6 is 0 Å². The summed E-state index contributed by atoms with van der Waals surface area (Å²) in [6.45, 7) is 9.93. The summed E-state index contributed by atoms with van der Waals surface area (Å²) in [5.74, 6) is 1.02. The molecule has 1 amide bonds. The second kappa shape index (κ2) is 6.58. The Labute approximate surface area is 127 Å². The van der Waals surface area contributed by atoms with E-state index >= 15 is 0 Å². The Hall–Kier alpha value is -1.39. The third-order valence-electron chi connectivity index (χ3n) is 4.69. The molecule has 0 aromatic heterocycles. The minimum absolute atomic E-state index is 0.303. The van der Waals surface area contributed by atoms with Gasteiger partial charge in [0.15, 0.2) is 0 Å². The highest BCUT2D eigenvalue weighted by atomic mass is 16.1. The van der Waals surface area contributed by atoms with Crippen LogP contribution in [0.1, 0.15) is 26.3 Å². The van der Waals surface area contributed by atoms with Crippen LogP contribution < -0.4 is 11.1 Å². The van der Waals surface area contributed by atoms with Crippen molar-refractivity contribution < 1.29 is 4.79 Å². The number of carbonyl (C=O) groups excluding carboxylic acids is 1. The standard InChI is InChI=1S/C17H27N3O/c1-4-19-17(16(18)21,15-8-6-5-7-9-15)12-20-10-13(2)14(3)11-20/h5-9,13-14,19H,4,10-12H2,1-3H3,(H2,18,21).